The molecule has 1 fully saturated rings. The van der Waals surface area contributed by atoms with Gasteiger partial charge in [-0.1, -0.05) is 96.8 Å². The molecule has 16 heteroatoms. The molecule has 0 radical (unpaired) electrons. The number of halogens is 6. The van der Waals surface area contributed by atoms with Gasteiger partial charge in [0.05, 0.1) is 0 Å². The maximum absolute atomic E-state index is 14.8. The molecular formula is C34H36F6N2O4P2S2+2. The van der Waals surface area contributed by atoms with Gasteiger partial charge < -0.3 is 0 Å². The van der Waals surface area contributed by atoms with Crippen LogP contribution in [-0.2, 0) is 20.0 Å². The molecule has 0 spiro atoms. The summed E-state index contributed by atoms with van der Waals surface area (Å²) in [6.07, 6.45) is -1.15. The molecule has 0 saturated carbocycles. The monoisotopic (exact) mass is 776 g/mol. The van der Waals surface area contributed by atoms with Gasteiger partial charge in [0.2, 0.25) is 0 Å². The summed E-state index contributed by atoms with van der Waals surface area (Å²) in [5.41, 5.74) is -15.7. The first-order chi connectivity index (χ1) is 23.5. The minimum absolute atomic E-state index is 0.158. The van der Waals surface area contributed by atoms with Crippen LogP contribution < -0.4 is 21.2 Å². The highest BCUT2D eigenvalue weighted by atomic mass is 32.3. The van der Waals surface area contributed by atoms with Gasteiger partial charge in [0, 0.05) is 0 Å². The molecular weight excluding hydrogens is 740 g/mol. The van der Waals surface area contributed by atoms with E-state index in [1.807, 2.05) is 0 Å². The van der Waals surface area contributed by atoms with Crippen LogP contribution in [0.3, 0.4) is 0 Å². The normalized spacial score (nSPS) is 18.2. The van der Waals surface area contributed by atoms with E-state index in [1.165, 1.54) is 13.8 Å². The van der Waals surface area contributed by atoms with Crippen LogP contribution in [0.15, 0.2) is 121 Å². The van der Waals surface area contributed by atoms with E-state index < -0.39 is 68.1 Å². The van der Waals surface area contributed by atoms with E-state index in [4.69, 9.17) is 0 Å². The summed E-state index contributed by atoms with van der Waals surface area (Å²) in [5.74, 6) is 0. The van der Waals surface area contributed by atoms with E-state index in [0.29, 0.717) is 21.2 Å². The molecule has 1 unspecified atom stereocenters. The average molecular weight is 777 g/mol. The number of alkyl halides is 6. The van der Waals surface area contributed by atoms with Gasteiger partial charge in [-0.15, -0.1) is 0 Å². The van der Waals surface area contributed by atoms with Gasteiger partial charge in [-0.05, 0) is 65.8 Å². The maximum Gasteiger partial charge on any atom is 0.512 e. The van der Waals surface area contributed by atoms with Gasteiger partial charge in [0.1, 0.15) is 33.5 Å². The molecule has 1 atom stereocenters. The summed E-state index contributed by atoms with van der Waals surface area (Å²) in [6.45, 7) is 2.74. The highest BCUT2D eigenvalue weighted by molar-refractivity contribution is 8.06. The van der Waals surface area contributed by atoms with Crippen molar-refractivity contribution in [3.8, 4) is 0 Å². The number of nitrogens with zero attached hydrogens (tertiary/aromatic N) is 2. The molecule has 1 aliphatic rings. The van der Waals surface area contributed by atoms with Crippen LogP contribution >= 0.6 is 14.8 Å². The zero-order chi connectivity index (χ0) is 36.6. The van der Waals surface area contributed by atoms with Crippen molar-refractivity contribution in [3.63, 3.8) is 0 Å². The zero-order valence-corrected chi connectivity index (χ0v) is 30.5. The number of hydrogen-bond acceptors (Lipinski definition) is 5. The lowest BCUT2D eigenvalue weighted by molar-refractivity contribution is -0.0601. The number of benzene rings is 4. The van der Waals surface area contributed by atoms with Crippen LogP contribution in [0, 0.1) is 0 Å². The lowest BCUT2D eigenvalue weighted by Crippen LogP contribution is -2.67. The van der Waals surface area contributed by atoms with Gasteiger partial charge in [-0.3, -0.25) is 0 Å². The molecule has 0 aromatic heterocycles. The van der Waals surface area contributed by atoms with Crippen molar-refractivity contribution < 1.29 is 43.2 Å². The first-order valence-electron chi connectivity index (χ1n) is 15.7. The maximum atomic E-state index is 14.8. The van der Waals surface area contributed by atoms with E-state index in [1.54, 1.807) is 126 Å². The first kappa shape index (κ1) is 38.4. The summed E-state index contributed by atoms with van der Waals surface area (Å²) in [7, 11) is -21.4. The van der Waals surface area contributed by atoms with Gasteiger partial charge in [-0.25, -0.2) is 16.8 Å². The second-order valence-electron chi connectivity index (χ2n) is 11.8. The standard InChI is InChI=1S/C34H36F6N2O4P2S2/c1-3-25-32(4-2,42(49(43,44)33(35,36)37)50(45,46)34(38,39)40)41-47(28-17-9-5-10-18-28,29-19-11-6-12-20-29)26-27-48(41,30-21-13-7-14-22-30)31-23-15-8-16-24-31/h5-24H,3-4,25-27H2,1-2H3/q+2. The Morgan fingerprint density at radius 3 is 1.06 bits per heavy atom. The summed E-state index contributed by atoms with van der Waals surface area (Å²) in [4.78, 5) is 0. The molecule has 5 rings (SSSR count). The number of rotatable bonds is 11. The third-order valence-electron chi connectivity index (χ3n) is 9.08. The second-order valence-corrected chi connectivity index (χ2v) is 22.7. The van der Waals surface area contributed by atoms with E-state index in [-0.39, 0.29) is 18.7 Å². The van der Waals surface area contributed by atoms with E-state index in [2.05, 4.69) is 0 Å². The smallest absolute Gasteiger partial charge is 0.202 e. The molecule has 0 amide bonds. The fourth-order valence-electron chi connectivity index (χ4n) is 7.20. The highest BCUT2D eigenvalue weighted by Gasteiger charge is 2.81. The van der Waals surface area contributed by atoms with Crippen molar-refractivity contribution in [2.24, 2.45) is 0 Å². The van der Waals surface area contributed by atoms with E-state index >= 15 is 0 Å². The Labute approximate surface area is 290 Å². The summed E-state index contributed by atoms with van der Waals surface area (Å²) >= 11 is 0. The summed E-state index contributed by atoms with van der Waals surface area (Å²) < 4.78 is 144. The molecule has 268 valence electrons. The quantitative estimate of drug-likeness (QED) is 0.118. The van der Waals surface area contributed by atoms with E-state index in [0.717, 1.165) is 0 Å². The van der Waals surface area contributed by atoms with Crippen LogP contribution in [0.25, 0.3) is 0 Å². The van der Waals surface area contributed by atoms with Crippen LogP contribution in [-0.4, -0.2) is 54.0 Å². The van der Waals surface area contributed by atoms with Crippen molar-refractivity contribution >= 4 is 56.1 Å². The SMILES string of the molecule is CCCC(CC)(N1[P+](c2ccccc2)(c2ccccc2)CC[P+]1(c1ccccc1)c1ccccc1)N(S(=O)(=O)C(F)(F)F)S(=O)(=O)C(F)(F)F. The second kappa shape index (κ2) is 13.9. The van der Waals surface area contributed by atoms with Crippen molar-refractivity contribution in [3.05, 3.63) is 121 Å². The molecule has 50 heavy (non-hydrogen) atoms. The predicted octanol–water partition coefficient (Wildman–Crippen LogP) is 7.38. The van der Waals surface area contributed by atoms with Gasteiger partial charge >= 0.3 is 31.1 Å². The summed E-state index contributed by atoms with van der Waals surface area (Å²) in [5, 5.41) is 2.23. The van der Waals surface area contributed by atoms with Crippen molar-refractivity contribution in [2.75, 3.05) is 12.3 Å². The topological polar surface area (TPSA) is 74.8 Å². The van der Waals surface area contributed by atoms with Crippen molar-refractivity contribution in [1.82, 2.24) is 8.15 Å². The lowest BCUT2D eigenvalue weighted by Gasteiger charge is -2.50. The van der Waals surface area contributed by atoms with E-state index in [9.17, 15) is 43.2 Å². The zero-order valence-electron chi connectivity index (χ0n) is 27.1. The van der Waals surface area contributed by atoms with Crippen LogP contribution in [0.4, 0.5) is 26.3 Å². The molecule has 6 nitrogen and oxygen atoms in total. The Hall–Kier alpha value is -2.86. The Morgan fingerprint density at radius 1 is 0.560 bits per heavy atom. The largest absolute Gasteiger partial charge is 0.512 e. The van der Waals surface area contributed by atoms with Crippen LogP contribution in [0.5, 0.6) is 0 Å². The minimum Gasteiger partial charge on any atom is -0.202 e. The molecule has 4 aromatic carbocycles. The molecule has 0 aliphatic carbocycles. The van der Waals surface area contributed by atoms with Crippen molar-refractivity contribution in [1.29, 1.82) is 0 Å². The fraction of sp³-hybridized carbons (Fsp3) is 0.294. The number of sulfonamides is 2. The molecule has 1 aliphatic heterocycles. The molecule has 0 bridgehead atoms. The minimum atomic E-state index is -7.22. The third kappa shape index (κ3) is 5.99. The van der Waals surface area contributed by atoms with Crippen LogP contribution in [0.2, 0.25) is 0 Å². The highest BCUT2D eigenvalue weighted by Crippen LogP contribution is 2.85. The lowest BCUT2D eigenvalue weighted by atomic mass is 10.0. The number of hydrogen-bond donors (Lipinski definition) is 0. The Kier molecular flexibility index (Phi) is 10.7. The van der Waals surface area contributed by atoms with Crippen molar-refractivity contribution in [2.45, 2.75) is 49.8 Å². The molecule has 1 heterocycles. The Balaban J connectivity index is 2.13. The molecule has 1 saturated heterocycles. The average Bonchev–Trinajstić information content (AvgIpc) is 3.47. The fourth-order valence-corrected chi connectivity index (χ4v) is 24.5. The van der Waals surface area contributed by atoms with Crippen LogP contribution in [0.1, 0.15) is 33.1 Å². The van der Waals surface area contributed by atoms with Gasteiger partial charge in [-0.2, -0.15) is 26.3 Å². The third-order valence-corrected chi connectivity index (χ3v) is 23.6. The van der Waals surface area contributed by atoms with Gasteiger partial charge in [0.25, 0.3) is 0 Å². The summed E-state index contributed by atoms with van der Waals surface area (Å²) in [6, 6.07) is 34.3. The molecule has 0 N–H and O–H groups in total. The molecule has 4 aromatic rings. The first-order valence-corrected chi connectivity index (χ1v) is 22.4. The van der Waals surface area contributed by atoms with Gasteiger partial charge in [0.15, 0.2) is 20.5 Å². The Bertz CT molecular complexity index is 1780. The Morgan fingerprint density at radius 2 is 0.840 bits per heavy atom. The predicted molar refractivity (Wildman–Crippen MR) is 189 cm³/mol.